The van der Waals surface area contributed by atoms with Crippen molar-refractivity contribution >= 4 is 0 Å². The van der Waals surface area contributed by atoms with E-state index in [9.17, 15) is 0 Å². The number of hydrogen-bond acceptors (Lipinski definition) is 3. The molecule has 1 aromatic rings. The molecule has 2 N–H and O–H groups in total. The molecule has 1 aromatic carbocycles. The largest absolute Gasteiger partial charge is 0.380 e. The molecule has 3 nitrogen and oxygen atoms in total. The van der Waals surface area contributed by atoms with Crippen molar-refractivity contribution in [3.05, 3.63) is 35.9 Å². The smallest absolute Gasteiger partial charge is 0.0593 e. The molecule has 0 aromatic heterocycles. The Hall–Kier alpha value is -0.900. The molecule has 1 aliphatic carbocycles. The Morgan fingerprint density at radius 3 is 2.68 bits per heavy atom. The van der Waals surface area contributed by atoms with Gasteiger partial charge >= 0.3 is 0 Å². The maximum atomic E-state index is 6.28. The summed E-state index contributed by atoms with van der Waals surface area (Å²) in [4.78, 5) is 2.44. The van der Waals surface area contributed by atoms with E-state index in [0.29, 0.717) is 5.92 Å². The fourth-order valence-electron chi connectivity index (χ4n) is 2.88. The first-order valence-electron chi connectivity index (χ1n) is 7.43. The molecular weight excluding hydrogens is 236 g/mol. The Bertz CT molecular complexity index is 391. The zero-order valence-corrected chi connectivity index (χ0v) is 11.5. The molecule has 1 saturated heterocycles. The normalized spacial score (nSPS) is 27.8. The molecule has 104 valence electrons. The minimum absolute atomic E-state index is 0.255. The fourth-order valence-corrected chi connectivity index (χ4v) is 2.88. The van der Waals surface area contributed by atoms with Crippen molar-refractivity contribution in [2.75, 3.05) is 32.8 Å². The standard InChI is InChI=1S/C16H24N2O/c17-16-11-18(8-9-19-12-13-6-7-13)10-15(16)14-4-2-1-3-5-14/h1-5,13,15-16H,6-12,17H2/t15-,16+/m0/s1. The van der Waals surface area contributed by atoms with E-state index < -0.39 is 0 Å². The van der Waals surface area contributed by atoms with Gasteiger partial charge in [-0.1, -0.05) is 30.3 Å². The number of benzene rings is 1. The molecule has 0 spiro atoms. The molecule has 0 unspecified atom stereocenters. The van der Waals surface area contributed by atoms with Crippen LogP contribution in [-0.4, -0.2) is 43.8 Å². The maximum Gasteiger partial charge on any atom is 0.0593 e. The second kappa shape index (κ2) is 6.04. The van der Waals surface area contributed by atoms with Crippen molar-refractivity contribution in [2.24, 2.45) is 11.7 Å². The second-order valence-electron chi connectivity index (χ2n) is 5.96. The van der Waals surface area contributed by atoms with Gasteiger partial charge in [0.2, 0.25) is 0 Å². The van der Waals surface area contributed by atoms with Crippen LogP contribution in [-0.2, 0) is 4.74 Å². The van der Waals surface area contributed by atoms with Crippen LogP contribution in [0.15, 0.2) is 30.3 Å². The van der Waals surface area contributed by atoms with Gasteiger partial charge in [-0.15, -0.1) is 0 Å². The highest BCUT2D eigenvalue weighted by Gasteiger charge is 2.30. The fraction of sp³-hybridized carbons (Fsp3) is 0.625. The summed E-state index contributed by atoms with van der Waals surface area (Å²) in [7, 11) is 0. The average molecular weight is 260 g/mol. The summed E-state index contributed by atoms with van der Waals surface area (Å²) in [5.41, 5.74) is 7.65. The molecule has 1 aliphatic heterocycles. The van der Waals surface area contributed by atoms with Crippen LogP contribution in [0.4, 0.5) is 0 Å². The maximum absolute atomic E-state index is 6.28. The van der Waals surface area contributed by atoms with E-state index in [-0.39, 0.29) is 6.04 Å². The van der Waals surface area contributed by atoms with Crippen LogP contribution in [0.2, 0.25) is 0 Å². The van der Waals surface area contributed by atoms with Crippen LogP contribution in [0.3, 0.4) is 0 Å². The Labute approximate surface area is 115 Å². The summed E-state index contributed by atoms with van der Waals surface area (Å²) >= 11 is 0. The van der Waals surface area contributed by atoms with Crippen molar-refractivity contribution in [3.8, 4) is 0 Å². The molecule has 0 bridgehead atoms. The van der Waals surface area contributed by atoms with Gasteiger partial charge in [-0.25, -0.2) is 0 Å². The number of likely N-dealkylation sites (tertiary alicyclic amines) is 1. The van der Waals surface area contributed by atoms with Gasteiger partial charge in [0.15, 0.2) is 0 Å². The van der Waals surface area contributed by atoms with Crippen molar-refractivity contribution in [1.82, 2.24) is 4.90 Å². The van der Waals surface area contributed by atoms with E-state index in [2.05, 4.69) is 35.2 Å². The monoisotopic (exact) mass is 260 g/mol. The van der Waals surface area contributed by atoms with Gasteiger partial charge in [-0.2, -0.15) is 0 Å². The molecule has 3 rings (SSSR count). The van der Waals surface area contributed by atoms with Gasteiger partial charge in [0.05, 0.1) is 6.61 Å². The van der Waals surface area contributed by atoms with Gasteiger partial charge in [-0.3, -0.25) is 4.90 Å². The Morgan fingerprint density at radius 2 is 1.95 bits per heavy atom. The lowest BCUT2D eigenvalue weighted by Gasteiger charge is -2.16. The van der Waals surface area contributed by atoms with E-state index in [1.54, 1.807) is 0 Å². The van der Waals surface area contributed by atoms with E-state index >= 15 is 0 Å². The first kappa shape index (κ1) is 13.1. The van der Waals surface area contributed by atoms with Crippen molar-refractivity contribution < 1.29 is 4.74 Å². The average Bonchev–Trinajstić information content (AvgIpc) is 3.18. The van der Waals surface area contributed by atoms with Gasteiger partial charge < -0.3 is 10.5 Å². The van der Waals surface area contributed by atoms with Crippen LogP contribution in [0.25, 0.3) is 0 Å². The number of nitrogens with zero attached hydrogens (tertiary/aromatic N) is 1. The van der Waals surface area contributed by atoms with E-state index in [4.69, 9.17) is 10.5 Å². The molecule has 2 fully saturated rings. The number of hydrogen-bond donors (Lipinski definition) is 1. The van der Waals surface area contributed by atoms with Crippen molar-refractivity contribution in [1.29, 1.82) is 0 Å². The van der Waals surface area contributed by atoms with Crippen molar-refractivity contribution in [3.63, 3.8) is 0 Å². The molecule has 2 aliphatic rings. The summed E-state index contributed by atoms with van der Waals surface area (Å²) < 4.78 is 5.71. The van der Waals surface area contributed by atoms with Crippen LogP contribution < -0.4 is 5.73 Å². The summed E-state index contributed by atoms with van der Waals surface area (Å²) in [6.07, 6.45) is 2.73. The molecule has 0 radical (unpaired) electrons. The SMILES string of the molecule is N[C@@H]1CN(CCOCC2CC2)C[C@H]1c1ccccc1. The van der Waals surface area contributed by atoms with Gasteiger partial charge in [0, 0.05) is 38.2 Å². The summed E-state index contributed by atoms with van der Waals surface area (Å²) in [5.74, 6) is 1.34. The highest BCUT2D eigenvalue weighted by Crippen LogP contribution is 2.29. The molecule has 2 atom stereocenters. The summed E-state index contributed by atoms with van der Waals surface area (Å²) in [6, 6.07) is 10.9. The highest BCUT2D eigenvalue weighted by molar-refractivity contribution is 5.23. The topological polar surface area (TPSA) is 38.5 Å². The molecule has 0 amide bonds. The number of ether oxygens (including phenoxy) is 1. The zero-order valence-electron chi connectivity index (χ0n) is 11.5. The predicted molar refractivity (Wildman–Crippen MR) is 77.1 cm³/mol. The number of nitrogens with two attached hydrogens (primary N) is 1. The molecular formula is C16H24N2O. The van der Waals surface area contributed by atoms with E-state index in [0.717, 1.165) is 38.8 Å². The summed E-state index contributed by atoms with van der Waals surface area (Å²) in [6.45, 7) is 4.89. The molecule has 19 heavy (non-hydrogen) atoms. The first-order valence-corrected chi connectivity index (χ1v) is 7.43. The summed E-state index contributed by atoms with van der Waals surface area (Å²) in [5, 5.41) is 0. The van der Waals surface area contributed by atoms with Crippen LogP contribution in [0.1, 0.15) is 24.3 Å². The van der Waals surface area contributed by atoms with E-state index in [1.165, 1.54) is 18.4 Å². The molecule has 1 heterocycles. The van der Waals surface area contributed by atoms with Gasteiger partial charge in [0.25, 0.3) is 0 Å². The zero-order chi connectivity index (χ0) is 13.1. The van der Waals surface area contributed by atoms with Crippen LogP contribution in [0, 0.1) is 5.92 Å². The van der Waals surface area contributed by atoms with Crippen LogP contribution in [0.5, 0.6) is 0 Å². The molecule has 1 saturated carbocycles. The second-order valence-corrected chi connectivity index (χ2v) is 5.96. The highest BCUT2D eigenvalue weighted by atomic mass is 16.5. The lowest BCUT2D eigenvalue weighted by atomic mass is 9.95. The van der Waals surface area contributed by atoms with Crippen molar-refractivity contribution in [2.45, 2.75) is 24.8 Å². The Kier molecular flexibility index (Phi) is 4.16. The Balaban J connectivity index is 1.44. The first-order chi connectivity index (χ1) is 9.33. The quantitative estimate of drug-likeness (QED) is 0.793. The third-order valence-electron chi connectivity index (χ3n) is 4.27. The van der Waals surface area contributed by atoms with Gasteiger partial charge in [-0.05, 0) is 24.3 Å². The third-order valence-corrected chi connectivity index (χ3v) is 4.27. The third kappa shape index (κ3) is 3.56. The lowest BCUT2D eigenvalue weighted by molar-refractivity contribution is 0.102. The lowest BCUT2D eigenvalue weighted by Crippen LogP contribution is -2.30. The van der Waals surface area contributed by atoms with Crippen LogP contribution >= 0.6 is 0 Å². The van der Waals surface area contributed by atoms with Gasteiger partial charge in [0.1, 0.15) is 0 Å². The molecule has 3 heteroatoms. The predicted octanol–water partition coefficient (Wildman–Crippen LogP) is 1.84. The minimum atomic E-state index is 0.255. The minimum Gasteiger partial charge on any atom is -0.380 e. The van der Waals surface area contributed by atoms with E-state index in [1.807, 2.05) is 0 Å². The Morgan fingerprint density at radius 1 is 1.16 bits per heavy atom. The number of rotatable bonds is 6.